The molecular weight excluding hydrogens is 304 g/mol. The summed E-state index contributed by atoms with van der Waals surface area (Å²) in [5.41, 5.74) is 0.0534. The van der Waals surface area contributed by atoms with E-state index in [0.29, 0.717) is 5.56 Å². The van der Waals surface area contributed by atoms with E-state index < -0.39 is 23.7 Å². The van der Waals surface area contributed by atoms with Crippen molar-refractivity contribution in [1.82, 2.24) is 15.5 Å². The predicted octanol–water partition coefficient (Wildman–Crippen LogP) is 2.58. The van der Waals surface area contributed by atoms with Crippen molar-refractivity contribution < 1.29 is 18.4 Å². The predicted molar refractivity (Wildman–Crippen MR) is 83.8 cm³/mol. The molecule has 0 aliphatic heterocycles. The van der Waals surface area contributed by atoms with Gasteiger partial charge in [-0.2, -0.15) is 0 Å². The van der Waals surface area contributed by atoms with E-state index in [1.807, 2.05) is 20.8 Å². The van der Waals surface area contributed by atoms with Crippen LogP contribution in [-0.4, -0.2) is 36.0 Å². The Hall–Kier alpha value is -2.18. The Bertz CT molecular complexity index is 585. The number of benzene rings is 1. The molecule has 1 atom stereocenters. The molecule has 2 N–H and O–H groups in total. The Labute approximate surface area is 135 Å². The molecule has 1 rings (SSSR count). The molecule has 0 aliphatic rings. The number of nitrogens with one attached hydrogen (secondary N) is 2. The lowest BCUT2D eigenvalue weighted by atomic mass is 10.1. The number of hydrogen-bond acceptors (Lipinski definition) is 2. The number of amides is 3. The van der Waals surface area contributed by atoms with E-state index >= 15 is 0 Å². The maximum Gasteiger partial charge on any atom is 0.318 e. The summed E-state index contributed by atoms with van der Waals surface area (Å²) in [6, 6.07) is 2.44. The zero-order chi connectivity index (χ0) is 17.8. The fourth-order valence-corrected chi connectivity index (χ4v) is 1.91. The molecule has 23 heavy (non-hydrogen) atoms. The summed E-state index contributed by atoms with van der Waals surface area (Å²) in [6.45, 7) is 7.07. The number of urea groups is 1. The number of likely N-dealkylation sites (N-methyl/N-ethyl adjacent to an activating group) is 1. The first-order chi connectivity index (χ1) is 10.5. The van der Waals surface area contributed by atoms with Crippen molar-refractivity contribution in [3.05, 3.63) is 35.4 Å². The zero-order valence-corrected chi connectivity index (χ0v) is 14.0. The summed E-state index contributed by atoms with van der Waals surface area (Å²) in [4.78, 5) is 25.1. The molecule has 7 heteroatoms. The Morgan fingerprint density at radius 1 is 1.22 bits per heavy atom. The molecule has 0 fully saturated rings. The Kier molecular flexibility index (Phi) is 6.06. The van der Waals surface area contributed by atoms with Gasteiger partial charge in [-0.15, -0.1) is 0 Å². The van der Waals surface area contributed by atoms with Crippen molar-refractivity contribution in [1.29, 1.82) is 0 Å². The third kappa shape index (κ3) is 6.22. The van der Waals surface area contributed by atoms with Crippen LogP contribution >= 0.6 is 0 Å². The number of carbonyl (C=O) groups excluding carboxylic acids is 2. The van der Waals surface area contributed by atoms with Crippen LogP contribution in [0.2, 0.25) is 0 Å². The first kappa shape index (κ1) is 18.9. The highest BCUT2D eigenvalue weighted by atomic mass is 19.2. The molecule has 0 aromatic heterocycles. The van der Waals surface area contributed by atoms with Gasteiger partial charge in [-0.1, -0.05) is 6.07 Å². The molecule has 0 heterocycles. The normalized spacial score (nSPS) is 12.5. The van der Waals surface area contributed by atoms with E-state index in [1.165, 1.54) is 18.0 Å². The highest BCUT2D eigenvalue weighted by Crippen LogP contribution is 2.16. The van der Waals surface area contributed by atoms with Gasteiger partial charge in [0.05, 0.1) is 6.04 Å². The van der Waals surface area contributed by atoms with Crippen molar-refractivity contribution in [2.24, 2.45) is 0 Å². The van der Waals surface area contributed by atoms with Gasteiger partial charge >= 0.3 is 6.03 Å². The van der Waals surface area contributed by atoms with E-state index in [1.54, 1.807) is 6.92 Å². The number of carbonyl (C=O) groups is 2. The van der Waals surface area contributed by atoms with Gasteiger partial charge in [-0.3, -0.25) is 4.79 Å². The van der Waals surface area contributed by atoms with Crippen molar-refractivity contribution in [3.63, 3.8) is 0 Å². The SMILES string of the molecule is C[C@@H](NC(=O)N(C)CC(=O)NC(C)(C)C)c1ccc(F)c(F)c1. The van der Waals surface area contributed by atoms with Gasteiger partial charge in [-0.25, -0.2) is 13.6 Å². The maximum absolute atomic E-state index is 13.2. The number of hydrogen-bond donors (Lipinski definition) is 2. The number of nitrogens with zero attached hydrogens (tertiary/aromatic N) is 1. The molecule has 0 radical (unpaired) electrons. The first-order valence-electron chi connectivity index (χ1n) is 7.27. The Morgan fingerprint density at radius 2 is 1.83 bits per heavy atom. The molecule has 0 saturated carbocycles. The number of rotatable bonds is 4. The van der Waals surface area contributed by atoms with Crippen LogP contribution in [0.5, 0.6) is 0 Å². The fraction of sp³-hybridized carbons (Fsp3) is 0.500. The molecule has 5 nitrogen and oxygen atoms in total. The van der Waals surface area contributed by atoms with Crippen molar-refractivity contribution in [2.75, 3.05) is 13.6 Å². The Balaban J connectivity index is 2.60. The lowest BCUT2D eigenvalue weighted by Gasteiger charge is -2.24. The topological polar surface area (TPSA) is 61.4 Å². The van der Waals surface area contributed by atoms with Gasteiger partial charge in [0.15, 0.2) is 11.6 Å². The molecule has 128 valence electrons. The van der Waals surface area contributed by atoms with Gasteiger partial charge in [-0.05, 0) is 45.4 Å². The van der Waals surface area contributed by atoms with E-state index in [9.17, 15) is 18.4 Å². The average molecular weight is 327 g/mol. The second kappa shape index (κ2) is 7.39. The van der Waals surface area contributed by atoms with E-state index in [2.05, 4.69) is 10.6 Å². The van der Waals surface area contributed by atoms with Crippen LogP contribution in [0.1, 0.15) is 39.3 Å². The monoisotopic (exact) mass is 327 g/mol. The first-order valence-corrected chi connectivity index (χ1v) is 7.27. The lowest BCUT2D eigenvalue weighted by molar-refractivity contribution is -0.122. The van der Waals surface area contributed by atoms with E-state index in [-0.39, 0.29) is 18.0 Å². The number of halogens is 2. The maximum atomic E-state index is 13.2. The molecule has 0 spiro atoms. The van der Waals surface area contributed by atoms with Gasteiger partial charge in [0, 0.05) is 12.6 Å². The van der Waals surface area contributed by atoms with Gasteiger partial charge in [0.2, 0.25) is 5.91 Å². The van der Waals surface area contributed by atoms with Crippen LogP contribution in [-0.2, 0) is 4.79 Å². The van der Waals surface area contributed by atoms with Crippen LogP contribution in [0.3, 0.4) is 0 Å². The van der Waals surface area contributed by atoms with Crippen molar-refractivity contribution in [2.45, 2.75) is 39.3 Å². The van der Waals surface area contributed by atoms with Crippen LogP contribution in [0.4, 0.5) is 13.6 Å². The molecule has 1 aromatic carbocycles. The van der Waals surface area contributed by atoms with Crippen molar-refractivity contribution in [3.8, 4) is 0 Å². The minimum absolute atomic E-state index is 0.104. The average Bonchev–Trinajstić information content (AvgIpc) is 2.39. The summed E-state index contributed by atoms with van der Waals surface area (Å²) in [6.07, 6.45) is 0. The van der Waals surface area contributed by atoms with Crippen LogP contribution in [0.25, 0.3) is 0 Å². The second-order valence-electron chi connectivity index (χ2n) is 6.50. The molecule has 1 aromatic rings. The third-order valence-electron chi connectivity index (χ3n) is 3.03. The van der Waals surface area contributed by atoms with E-state index in [4.69, 9.17) is 0 Å². The smallest absolute Gasteiger partial charge is 0.318 e. The summed E-state index contributed by atoms with van der Waals surface area (Å²) in [5, 5.41) is 5.38. The molecule has 0 bridgehead atoms. The Morgan fingerprint density at radius 3 is 2.35 bits per heavy atom. The van der Waals surface area contributed by atoms with Gasteiger partial charge in [0.25, 0.3) is 0 Å². The quantitative estimate of drug-likeness (QED) is 0.893. The summed E-state index contributed by atoms with van der Waals surface area (Å²) in [5.74, 6) is -2.19. The van der Waals surface area contributed by atoms with Crippen molar-refractivity contribution >= 4 is 11.9 Å². The van der Waals surface area contributed by atoms with Gasteiger partial charge < -0.3 is 15.5 Å². The molecule has 0 unspecified atom stereocenters. The summed E-state index contributed by atoms with van der Waals surface area (Å²) >= 11 is 0. The van der Waals surface area contributed by atoms with E-state index in [0.717, 1.165) is 12.1 Å². The molecule has 0 saturated heterocycles. The van der Waals surface area contributed by atoms with Gasteiger partial charge in [0.1, 0.15) is 6.54 Å². The molecule has 3 amide bonds. The molecule has 0 aliphatic carbocycles. The zero-order valence-electron chi connectivity index (χ0n) is 14.0. The largest absolute Gasteiger partial charge is 0.350 e. The molecular formula is C16H23F2N3O2. The van der Waals surface area contributed by atoms with Crippen LogP contribution in [0.15, 0.2) is 18.2 Å². The highest BCUT2D eigenvalue weighted by molar-refractivity contribution is 5.84. The summed E-state index contributed by atoms with van der Waals surface area (Å²) in [7, 11) is 1.48. The fourth-order valence-electron chi connectivity index (χ4n) is 1.91. The standard InChI is InChI=1S/C16H23F2N3O2/c1-10(11-6-7-12(17)13(18)8-11)19-15(23)21(5)9-14(22)20-16(2,3)4/h6-8,10H,9H2,1-5H3,(H,19,23)(H,20,22)/t10-/m1/s1. The second-order valence-corrected chi connectivity index (χ2v) is 6.50. The third-order valence-corrected chi connectivity index (χ3v) is 3.03. The summed E-state index contributed by atoms with van der Waals surface area (Å²) < 4.78 is 26.1. The van der Waals surface area contributed by atoms with Crippen LogP contribution in [0, 0.1) is 11.6 Å². The van der Waals surface area contributed by atoms with Crippen LogP contribution < -0.4 is 10.6 Å². The minimum Gasteiger partial charge on any atom is -0.350 e. The highest BCUT2D eigenvalue weighted by Gasteiger charge is 2.19. The lowest BCUT2D eigenvalue weighted by Crippen LogP contribution is -2.48. The minimum atomic E-state index is -0.971.